The normalized spacial score (nSPS) is 15.7. The predicted molar refractivity (Wildman–Crippen MR) is 105 cm³/mol. The van der Waals surface area contributed by atoms with Crippen molar-refractivity contribution in [3.63, 3.8) is 0 Å². The summed E-state index contributed by atoms with van der Waals surface area (Å²) in [7, 11) is 2.15. The molecule has 1 amide bonds. The molecule has 140 valence electrons. The SMILES string of the molecule is CN1CCCN(c2ncccc2CNC(=O)c2cnn3ccccc23)CC1. The zero-order chi connectivity index (χ0) is 18.6. The lowest BCUT2D eigenvalue weighted by Gasteiger charge is -2.24. The Kier molecular flexibility index (Phi) is 5.02. The molecule has 27 heavy (non-hydrogen) atoms. The molecule has 1 aliphatic heterocycles. The third-order valence-corrected chi connectivity index (χ3v) is 5.00. The average Bonchev–Trinajstić information content (AvgIpc) is 3.01. The van der Waals surface area contributed by atoms with Gasteiger partial charge in [-0.15, -0.1) is 0 Å². The van der Waals surface area contributed by atoms with Crippen LogP contribution in [-0.2, 0) is 6.54 Å². The van der Waals surface area contributed by atoms with Gasteiger partial charge in [-0.3, -0.25) is 4.79 Å². The molecule has 7 heteroatoms. The molecule has 0 atom stereocenters. The molecule has 1 saturated heterocycles. The molecule has 1 N–H and O–H groups in total. The van der Waals surface area contributed by atoms with Crippen molar-refractivity contribution < 1.29 is 4.79 Å². The highest BCUT2D eigenvalue weighted by atomic mass is 16.1. The van der Waals surface area contributed by atoms with Crippen molar-refractivity contribution in [2.45, 2.75) is 13.0 Å². The molecular weight excluding hydrogens is 340 g/mol. The van der Waals surface area contributed by atoms with Gasteiger partial charge in [-0.05, 0) is 38.2 Å². The van der Waals surface area contributed by atoms with Crippen molar-refractivity contribution in [2.75, 3.05) is 38.1 Å². The molecule has 4 heterocycles. The maximum absolute atomic E-state index is 12.7. The van der Waals surface area contributed by atoms with Crippen LogP contribution in [0.2, 0.25) is 0 Å². The molecule has 3 aromatic heterocycles. The highest BCUT2D eigenvalue weighted by Crippen LogP contribution is 2.19. The van der Waals surface area contributed by atoms with E-state index >= 15 is 0 Å². The van der Waals surface area contributed by atoms with Gasteiger partial charge in [0, 0.05) is 44.1 Å². The van der Waals surface area contributed by atoms with Crippen molar-refractivity contribution in [2.24, 2.45) is 0 Å². The van der Waals surface area contributed by atoms with Gasteiger partial charge in [0.2, 0.25) is 0 Å². The number of amides is 1. The summed E-state index contributed by atoms with van der Waals surface area (Å²) in [6, 6.07) is 9.65. The molecule has 7 nitrogen and oxygen atoms in total. The van der Waals surface area contributed by atoms with Crippen LogP contribution >= 0.6 is 0 Å². The maximum atomic E-state index is 12.7. The number of nitrogens with one attached hydrogen (secondary N) is 1. The van der Waals surface area contributed by atoms with E-state index in [1.807, 2.05) is 42.7 Å². The zero-order valence-electron chi connectivity index (χ0n) is 15.5. The lowest BCUT2D eigenvalue weighted by Crippen LogP contribution is -2.31. The molecule has 0 aromatic carbocycles. The lowest BCUT2D eigenvalue weighted by atomic mass is 10.2. The van der Waals surface area contributed by atoms with Gasteiger partial charge >= 0.3 is 0 Å². The Bertz CT molecular complexity index is 937. The molecule has 0 aliphatic carbocycles. The second-order valence-corrected chi connectivity index (χ2v) is 6.90. The van der Waals surface area contributed by atoms with Crippen molar-refractivity contribution in [3.8, 4) is 0 Å². The summed E-state index contributed by atoms with van der Waals surface area (Å²) < 4.78 is 1.71. The third-order valence-electron chi connectivity index (χ3n) is 5.00. The monoisotopic (exact) mass is 364 g/mol. The number of anilines is 1. The summed E-state index contributed by atoms with van der Waals surface area (Å²) in [4.78, 5) is 21.9. The Labute approximate surface area is 158 Å². The van der Waals surface area contributed by atoms with E-state index in [9.17, 15) is 4.79 Å². The summed E-state index contributed by atoms with van der Waals surface area (Å²) in [5.41, 5.74) is 2.42. The van der Waals surface area contributed by atoms with Crippen LogP contribution in [0.4, 0.5) is 5.82 Å². The molecule has 3 aromatic rings. The van der Waals surface area contributed by atoms with E-state index in [1.165, 1.54) is 0 Å². The summed E-state index contributed by atoms with van der Waals surface area (Å²) >= 11 is 0. The Hall–Kier alpha value is -2.93. The molecular formula is C20H24N6O. The average molecular weight is 364 g/mol. The second kappa shape index (κ2) is 7.75. The second-order valence-electron chi connectivity index (χ2n) is 6.90. The van der Waals surface area contributed by atoms with E-state index in [0.29, 0.717) is 12.1 Å². The molecule has 0 bridgehead atoms. The first kappa shape index (κ1) is 17.5. The number of carbonyl (C=O) groups excluding carboxylic acids is 1. The summed E-state index contributed by atoms with van der Waals surface area (Å²) in [6.45, 7) is 4.49. The van der Waals surface area contributed by atoms with Gasteiger partial charge in [-0.1, -0.05) is 12.1 Å². The summed E-state index contributed by atoms with van der Waals surface area (Å²) in [6.07, 6.45) is 6.38. The van der Waals surface area contributed by atoms with Gasteiger partial charge in [-0.2, -0.15) is 5.10 Å². The Balaban J connectivity index is 1.49. The molecule has 1 aliphatic rings. The number of carbonyl (C=O) groups is 1. The molecule has 0 radical (unpaired) electrons. The Morgan fingerprint density at radius 2 is 2.07 bits per heavy atom. The number of nitrogens with zero attached hydrogens (tertiary/aromatic N) is 5. The van der Waals surface area contributed by atoms with E-state index in [0.717, 1.165) is 49.5 Å². The number of pyridine rings is 2. The van der Waals surface area contributed by atoms with E-state index in [-0.39, 0.29) is 5.91 Å². The van der Waals surface area contributed by atoms with E-state index in [4.69, 9.17) is 0 Å². The van der Waals surface area contributed by atoms with Crippen LogP contribution in [0.15, 0.2) is 48.9 Å². The third kappa shape index (κ3) is 3.78. The van der Waals surface area contributed by atoms with Crippen LogP contribution in [0.3, 0.4) is 0 Å². The fraction of sp³-hybridized carbons (Fsp3) is 0.350. The highest BCUT2D eigenvalue weighted by Gasteiger charge is 2.18. The minimum absolute atomic E-state index is 0.124. The van der Waals surface area contributed by atoms with E-state index in [1.54, 1.807) is 10.7 Å². The predicted octanol–water partition coefficient (Wildman–Crippen LogP) is 1.80. The van der Waals surface area contributed by atoms with E-state index in [2.05, 4.69) is 32.2 Å². The van der Waals surface area contributed by atoms with Gasteiger partial charge in [0.1, 0.15) is 5.82 Å². The summed E-state index contributed by atoms with van der Waals surface area (Å²) in [5.74, 6) is 0.842. The maximum Gasteiger partial charge on any atom is 0.255 e. The number of fused-ring (bicyclic) bond motifs is 1. The smallest absolute Gasteiger partial charge is 0.255 e. The van der Waals surface area contributed by atoms with Crippen LogP contribution in [0.25, 0.3) is 5.52 Å². The van der Waals surface area contributed by atoms with Gasteiger partial charge in [0.15, 0.2) is 0 Å². The number of aromatic nitrogens is 3. The Morgan fingerprint density at radius 1 is 1.15 bits per heavy atom. The van der Waals surface area contributed by atoms with Crippen molar-refractivity contribution in [1.29, 1.82) is 0 Å². The van der Waals surface area contributed by atoms with E-state index < -0.39 is 0 Å². The van der Waals surface area contributed by atoms with Crippen molar-refractivity contribution in [3.05, 3.63) is 60.0 Å². The molecule has 1 fully saturated rings. The molecule has 0 unspecified atom stereocenters. The fourth-order valence-corrected chi connectivity index (χ4v) is 3.49. The highest BCUT2D eigenvalue weighted by molar-refractivity contribution is 6.00. The standard InChI is InChI=1S/C20H24N6O/c1-24-9-5-10-25(13-12-24)19-16(6-4-8-21-19)14-22-20(27)17-15-23-26-11-3-2-7-18(17)26/h2-4,6-8,11,15H,5,9-10,12-14H2,1H3,(H,22,27). The van der Waals surface area contributed by atoms with Gasteiger partial charge in [0.05, 0.1) is 17.3 Å². The fourth-order valence-electron chi connectivity index (χ4n) is 3.49. The number of likely N-dealkylation sites (N-methyl/N-ethyl adjacent to an activating group) is 1. The zero-order valence-corrected chi connectivity index (χ0v) is 15.5. The molecule has 0 saturated carbocycles. The van der Waals surface area contributed by atoms with Crippen molar-refractivity contribution >= 4 is 17.2 Å². The number of hydrogen-bond donors (Lipinski definition) is 1. The molecule has 0 spiro atoms. The van der Waals surface area contributed by atoms with Crippen LogP contribution in [0.1, 0.15) is 22.3 Å². The van der Waals surface area contributed by atoms with Gasteiger partial charge in [0.25, 0.3) is 5.91 Å². The van der Waals surface area contributed by atoms with Crippen LogP contribution in [0, 0.1) is 0 Å². The first-order valence-electron chi connectivity index (χ1n) is 9.30. The van der Waals surface area contributed by atoms with Crippen LogP contribution < -0.4 is 10.2 Å². The number of hydrogen-bond acceptors (Lipinski definition) is 5. The topological polar surface area (TPSA) is 65.8 Å². The number of rotatable bonds is 4. The molecule has 4 rings (SSSR count). The lowest BCUT2D eigenvalue weighted by molar-refractivity contribution is 0.0952. The van der Waals surface area contributed by atoms with Gasteiger partial charge < -0.3 is 15.1 Å². The van der Waals surface area contributed by atoms with Crippen LogP contribution in [-0.4, -0.2) is 58.6 Å². The first-order valence-corrected chi connectivity index (χ1v) is 9.30. The van der Waals surface area contributed by atoms with Crippen molar-refractivity contribution in [1.82, 2.24) is 24.8 Å². The first-order chi connectivity index (χ1) is 13.2. The minimum Gasteiger partial charge on any atom is -0.355 e. The van der Waals surface area contributed by atoms with Crippen LogP contribution in [0.5, 0.6) is 0 Å². The minimum atomic E-state index is -0.124. The Morgan fingerprint density at radius 3 is 3.00 bits per heavy atom. The largest absolute Gasteiger partial charge is 0.355 e. The van der Waals surface area contributed by atoms with Gasteiger partial charge in [-0.25, -0.2) is 9.50 Å². The summed E-state index contributed by atoms with van der Waals surface area (Å²) in [5, 5.41) is 7.26. The quantitative estimate of drug-likeness (QED) is 0.765.